The van der Waals surface area contributed by atoms with Crippen molar-refractivity contribution in [1.29, 1.82) is 0 Å². The van der Waals surface area contributed by atoms with Gasteiger partial charge in [0.25, 0.3) is 5.97 Å². The molecular weight excluding hydrogens is 441 g/mol. The average Bonchev–Trinajstić information content (AvgIpc) is 2.73. The van der Waals surface area contributed by atoms with Crippen LogP contribution in [0, 0.1) is 35.0 Å². The van der Waals surface area contributed by atoms with Gasteiger partial charge in [-0.05, 0) is 19.3 Å². The van der Waals surface area contributed by atoms with Crippen LogP contribution >= 0.6 is 0 Å². The van der Waals surface area contributed by atoms with Crippen molar-refractivity contribution >= 4 is 6.09 Å². The molecule has 0 aromatic heterocycles. The molecule has 0 saturated heterocycles. The summed E-state index contributed by atoms with van der Waals surface area (Å²) in [4.78, 5) is 11.6. The van der Waals surface area contributed by atoms with Crippen LogP contribution in [-0.2, 0) is 0 Å². The summed E-state index contributed by atoms with van der Waals surface area (Å²) in [7, 11) is 0. The third-order valence-electron chi connectivity index (χ3n) is 5.07. The molecule has 0 aliphatic carbocycles. The van der Waals surface area contributed by atoms with Crippen LogP contribution in [0.3, 0.4) is 0 Å². The SMILES string of the molecule is CCCCCCCCC(CCCCNC(=O)Oc1c(F)c(F)c(F)c(F)c1F)C(O)(O)O. The first kappa shape index (κ1) is 28.1. The maximum Gasteiger partial charge on any atom is 0.412 e. The van der Waals surface area contributed by atoms with Crippen LogP contribution in [0.2, 0.25) is 0 Å². The Bertz CT molecular complexity index is 713. The van der Waals surface area contributed by atoms with E-state index in [-0.39, 0.29) is 19.4 Å². The van der Waals surface area contributed by atoms with Crippen molar-refractivity contribution in [3.63, 3.8) is 0 Å². The Balaban J connectivity index is 2.41. The van der Waals surface area contributed by atoms with Crippen LogP contribution in [0.5, 0.6) is 5.75 Å². The molecule has 1 amide bonds. The minimum atomic E-state index is -2.83. The molecule has 4 N–H and O–H groups in total. The summed E-state index contributed by atoms with van der Waals surface area (Å²) in [6.45, 7) is 2.02. The molecular formula is C21H30F5NO5. The lowest BCUT2D eigenvalue weighted by molar-refractivity contribution is -0.344. The van der Waals surface area contributed by atoms with E-state index in [1.165, 1.54) is 0 Å². The lowest BCUT2D eigenvalue weighted by Gasteiger charge is -2.26. The highest BCUT2D eigenvalue weighted by molar-refractivity contribution is 5.70. The van der Waals surface area contributed by atoms with Gasteiger partial charge in [-0.2, -0.15) is 8.78 Å². The number of halogens is 5. The number of hydrogen-bond acceptors (Lipinski definition) is 5. The van der Waals surface area contributed by atoms with Gasteiger partial charge in [0, 0.05) is 12.5 Å². The van der Waals surface area contributed by atoms with Crippen LogP contribution < -0.4 is 10.1 Å². The fourth-order valence-electron chi connectivity index (χ4n) is 3.21. The molecule has 1 atom stereocenters. The number of aliphatic hydroxyl groups is 3. The van der Waals surface area contributed by atoms with Crippen LogP contribution in [0.15, 0.2) is 0 Å². The molecule has 11 heteroatoms. The summed E-state index contributed by atoms with van der Waals surface area (Å²) in [5, 5.41) is 30.6. The molecule has 32 heavy (non-hydrogen) atoms. The first-order valence-electron chi connectivity index (χ1n) is 10.6. The average molecular weight is 471 g/mol. The number of hydrogen-bond donors (Lipinski definition) is 4. The predicted octanol–water partition coefficient (Wildman–Crippen LogP) is 4.64. The van der Waals surface area contributed by atoms with Crippen LogP contribution in [0.1, 0.15) is 71.1 Å². The van der Waals surface area contributed by atoms with Gasteiger partial charge < -0.3 is 25.4 Å². The summed E-state index contributed by atoms with van der Waals surface area (Å²) in [5.74, 6) is -16.7. The summed E-state index contributed by atoms with van der Waals surface area (Å²) in [6.07, 6.45) is 5.80. The fraction of sp³-hybridized carbons (Fsp3) is 0.667. The van der Waals surface area contributed by atoms with E-state index in [2.05, 4.69) is 17.0 Å². The minimum absolute atomic E-state index is 0.0761. The van der Waals surface area contributed by atoms with E-state index in [0.717, 1.165) is 32.1 Å². The first-order valence-corrected chi connectivity index (χ1v) is 10.6. The molecule has 1 rings (SSSR count). The molecule has 1 aromatic rings. The zero-order chi connectivity index (χ0) is 24.3. The lowest BCUT2D eigenvalue weighted by atomic mass is 9.92. The largest absolute Gasteiger partial charge is 0.412 e. The van der Waals surface area contributed by atoms with Crippen molar-refractivity contribution in [3.05, 3.63) is 29.1 Å². The fourth-order valence-corrected chi connectivity index (χ4v) is 3.21. The lowest BCUT2D eigenvalue weighted by Crippen LogP contribution is -2.37. The van der Waals surface area contributed by atoms with E-state index in [1.807, 2.05) is 0 Å². The van der Waals surface area contributed by atoms with E-state index in [0.29, 0.717) is 19.3 Å². The Hall–Kier alpha value is -1.98. The van der Waals surface area contributed by atoms with Gasteiger partial charge in [-0.15, -0.1) is 0 Å². The molecule has 0 heterocycles. The number of nitrogens with one attached hydrogen (secondary N) is 1. The molecule has 0 aliphatic heterocycles. The molecule has 0 saturated carbocycles. The van der Waals surface area contributed by atoms with Crippen molar-refractivity contribution in [1.82, 2.24) is 5.32 Å². The number of benzene rings is 1. The third-order valence-corrected chi connectivity index (χ3v) is 5.07. The van der Waals surface area contributed by atoms with Crippen molar-refractivity contribution in [2.45, 2.75) is 77.1 Å². The second kappa shape index (κ2) is 13.5. The summed E-state index contributed by atoms with van der Waals surface area (Å²) < 4.78 is 70.4. The summed E-state index contributed by atoms with van der Waals surface area (Å²) in [5.41, 5.74) is 0. The van der Waals surface area contributed by atoms with Gasteiger partial charge in [0.1, 0.15) is 0 Å². The van der Waals surface area contributed by atoms with Crippen LogP contribution in [-0.4, -0.2) is 33.9 Å². The van der Waals surface area contributed by atoms with Crippen molar-refractivity contribution in [2.75, 3.05) is 6.54 Å². The van der Waals surface area contributed by atoms with Crippen molar-refractivity contribution in [3.8, 4) is 5.75 Å². The Labute approximate surface area is 183 Å². The first-order chi connectivity index (χ1) is 15.0. The summed E-state index contributed by atoms with van der Waals surface area (Å²) in [6, 6.07) is 0. The Morgan fingerprint density at radius 3 is 1.81 bits per heavy atom. The maximum atomic E-state index is 13.5. The zero-order valence-electron chi connectivity index (χ0n) is 17.9. The molecule has 0 bridgehead atoms. The number of carbonyl (C=O) groups excluding carboxylic acids is 1. The number of ether oxygens (including phenoxy) is 1. The standard InChI is InChI=1S/C21H30F5NO5/c1-2-3-4-5-6-7-10-13(21(29,30)31)11-8-9-12-27-20(28)32-19-17(25)15(23)14(22)16(24)18(19)26/h13,29-31H,2-12H2,1H3,(H,27,28). The molecule has 0 radical (unpaired) electrons. The topological polar surface area (TPSA) is 99.0 Å². The van der Waals surface area contributed by atoms with E-state index in [4.69, 9.17) is 0 Å². The van der Waals surface area contributed by atoms with Crippen LogP contribution in [0.25, 0.3) is 0 Å². The highest BCUT2D eigenvalue weighted by atomic mass is 19.2. The van der Waals surface area contributed by atoms with Crippen molar-refractivity contribution < 1.29 is 46.8 Å². The van der Waals surface area contributed by atoms with Gasteiger partial charge in [-0.3, -0.25) is 0 Å². The monoisotopic (exact) mass is 471 g/mol. The highest BCUT2D eigenvalue weighted by Crippen LogP contribution is 2.29. The number of amides is 1. The van der Waals surface area contributed by atoms with E-state index < -0.39 is 52.8 Å². The highest BCUT2D eigenvalue weighted by Gasteiger charge is 2.31. The molecule has 1 aromatic carbocycles. The van der Waals surface area contributed by atoms with Gasteiger partial charge >= 0.3 is 6.09 Å². The Morgan fingerprint density at radius 2 is 1.28 bits per heavy atom. The summed E-state index contributed by atoms with van der Waals surface area (Å²) >= 11 is 0. The predicted molar refractivity (Wildman–Crippen MR) is 105 cm³/mol. The molecule has 0 spiro atoms. The van der Waals surface area contributed by atoms with E-state index in [9.17, 15) is 42.1 Å². The minimum Gasteiger partial charge on any atom is -0.404 e. The van der Waals surface area contributed by atoms with Gasteiger partial charge in [-0.25, -0.2) is 18.0 Å². The third kappa shape index (κ3) is 8.87. The van der Waals surface area contributed by atoms with Crippen molar-refractivity contribution in [2.24, 2.45) is 5.92 Å². The normalized spacial score (nSPS) is 12.7. The molecule has 0 fully saturated rings. The number of rotatable bonds is 14. The van der Waals surface area contributed by atoms with E-state index >= 15 is 0 Å². The smallest absolute Gasteiger partial charge is 0.404 e. The number of carbonyl (C=O) groups is 1. The van der Waals surface area contributed by atoms with Gasteiger partial charge in [0.2, 0.25) is 34.8 Å². The quantitative estimate of drug-likeness (QED) is 0.104. The molecule has 0 aliphatic rings. The van der Waals surface area contributed by atoms with Crippen LogP contribution in [0.4, 0.5) is 26.7 Å². The second-order valence-electron chi connectivity index (χ2n) is 7.65. The zero-order valence-corrected chi connectivity index (χ0v) is 17.9. The molecule has 1 unspecified atom stereocenters. The molecule has 184 valence electrons. The second-order valence-corrected chi connectivity index (χ2v) is 7.65. The Morgan fingerprint density at radius 1 is 0.812 bits per heavy atom. The number of unbranched alkanes of at least 4 members (excludes halogenated alkanes) is 6. The molecule has 6 nitrogen and oxygen atoms in total. The van der Waals surface area contributed by atoms with Gasteiger partial charge in [0.05, 0.1) is 0 Å². The van der Waals surface area contributed by atoms with Gasteiger partial charge in [-0.1, -0.05) is 51.9 Å². The van der Waals surface area contributed by atoms with Gasteiger partial charge in [0.15, 0.2) is 0 Å². The maximum absolute atomic E-state index is 13.5. The van der Waals surface area contributed by atoms with E-state index in [1.54, 1.807) is 0 Å². The Kier molecular flexibility index (Phi) is 11.9.